The predicted octanol–water partition coefficient (Wildman–Crippen LogP) is 2.52. The van der Waals surface area contributed by atoms with Gasteiger partial charge >= 0.3 is 0 Å². The maximum Gasteiger partial charge on any atom is 0.191 e. The van der Waals surface area contributed by atoms with Crippen LogP contribution in [0.15, 0.2) is 23.2 Å². The van der Waals surface area contributed by atoms with Crippen LogP contribution in [0.4, 0.5) is 0 Å². The summed E-state index contributed by atoms with van der Waals surface area (Å²) >= 11 is 0. The summed E-state index contributed by atoms with van der Waals surface area (Å²) in [7, 11) is 7.39. The Balaban J connectivity index is 0.00000676. The maximum atomic E-state index is 5.43. The van der Waals surface area contributed by atoms with E-state index in [0.29, 0.717) is 13.2 Å². The second-order valence-electron chi connectivity index (χ2n) is 5.94. The Morgan fingerprint density at radius 2 is 1.81 bits per heavy atom. The summed E-state index contributed by atoms with van der Waals surface area (Å²) in [6.07, 6.45) is 0. The molecule has 0 saturated heterocycles. The number of likely N-dealkylation sites (N-methyl/N-ethyl adjacent to an activating group) is 1. The van der Waals surface area contributed by atoms with Gasteiger partial charge in [-0.25, -0.2) is 0 Å². The van der Waals surface area contributed by atoms with Crippen molar-refractivity contribution in [1.82, 2.24) is 15.5 Å². The molecule has 0 aliphatic rings. The summed E-state index contributed by atoms with van der Waals surface area (Å²) in [5, 5.41) is 6.56. The third-order valence-corrected chi connectivity index (χ3v) is 3.93. The molecule has 0 amide bonds. The molecule has 0 heterocycles. The van der Waals surface area contributed by atoms with Gasteiger partial charge in [-0.15, -0.1) is 24.0 Å². The topological polar surface area (TPSA) is 67.4 Å². The molecule has 0 aromatic heterocycles. The van der Waals surface area contributed by atoms with Gasteiger partial charge in [0.15, 0.2) is 17.5 Å². The van der Waals surface area contributed by atoms with Crippen LogP contribution in [-0.4, -0.2) is 72.0 Å². The number of guanidine groups is 1. The van der Waals surface area contributed by atoms with Crippen molar-refractivity contribution in [2.45, 2.75) is 19.9 Å². The average Bonchev–Trinajstić information content (AvgIpc) is 2.64. The van der Waals surface area contributed by atoms with Crippen molar-refractivity contribution in [3.05, 3.63) is 23.8 Å². The standard InChI is InChI=1S/C19H34N4O3.HI/c1-7-20-19(21-11-12-26-8-2)22-14-16(23(3)4)15-9-10-17(24-5)18(13-15)25-6;/h9-10,13,16H,7-8,11-12,14H2,1-6H3,(H2,20,21,22);1H. The quantitative estimate of drug-likeness (QED) is 0.213. The van der Waals surface area contributed by atoms with E-state index in [4.69, 9.17) is 19.2 Å². The molecule has 0 spiro atoms. The molecule has 8 heteroatoms. The molecule has 0 fully saturated rings. The smallest absolute Gasteiger partial charge is 0.191 e. The molecule has 0 radical (unpaired) electrons. The lowest BCUT2D eigenvalue weighted by Crippen LogP contribution is -2.39. The van der Waals surface area contributed by atoms with Crippen LogP contribution < -0.4 is 20.1 Å². The van der Waals surface area contributed by atoms with Crippen LogP contribution in [0, 0.1) is 0 Å². The van der Waals surface area contributed by atoms with E-state index in [0.717, 1.165) is 42.7 Å². The number of hydrogen-bond acceptors (Lipinski definition) is 5. The van der Waals surface area contributed by atoms with Gasteiger partial charge in [-0.1, -0.05) is 6.07 Å². The van der Waals surface area contributed by atoms with Crippen LogP contribution >= 0.6 is 24.0 Å². The Bertz CT molecular complexity index is 556. The summed E-state index contributed by atoms with van der Waals surface area (Å²) in [4.78, 5) is 6.88. The van der Waals surface area contributed by atoms with Crippen LogP contribution in [0.1, 0.15) is 25.5 Å². The van der Waals surface area contributed by atoms with Gasteiger partial charge in [0, 0.05) is 19.7 Å². The molecule has 1 atom stereocenters. The third-order valence-electron chi connectivity index (χ3n) is 3.93. The van der Waals surface area contributed by atoms with Gasteiger partial charge < -0.3 is 29.7 Å². The van der Waals surface area contributed by atoms with Gasteiger partial charge in [0.05, 0.1) is 33.4 Å². The number of aliphatic imine (C=N–C) groups is 1. The van der Waals surface area contributed by atoms with Crippen molar-refractivity contribution < 1.29 is 14.2 Å². The van der Waals surface area contributed by atoms with E-state index in [1.807, 2.05) is 33.2 Å². The number of halogens is 1. The van der Waals surface area contributed by atoms with Gasteiger partial charge in [-0.3, -0.25) is 4.99 Å². The largest absolute Gasteiger partial charge is 0.493 e. The SMILES string of the molecule is CCNC(=NCC(c1ccc(OC)c(OC)c1)N(C)C)NCCOCC.I. The van der Waals surface area contributed by atoms with E-state index >= 15 is 0 Å². The molecule has 27 heavy (non-hydrogen) atoms. The van der Waals surface area contributed by atoms with E-state index in [1.54, 1.807) is 14.2 Å². The van der Waals surface area contributed by atoms with Gasteiger partial charge in [0.2, 0.25) is 0 Å². The van der Waals surface area contributed by atoms with Crippen LogP contribution in [0.25, 0.3) is 0 Å². The molecular formula is C19H35IN4O3. The molecule has 0 bridgehead atoms. The summed E-state index contributed by atoms with van der Waals surface area (Å²) in [5.74, 6) is 2.24. The molecule has 0 aliphatic carbocycles. The first kappa shape index (κ1) is 25.7. The highest BCUT2D eigenvalue weighted by Gasteiger charge is 2.16. The lowest BCUT2D eigenvalue weighted by atomic mass is 10.1. The van der Waals surface area contributed by atoms with Crippen molar-refractivity contribution in [2.75, 3.05) is 61.2 Å². The van der Waals surface area contributed by atoms with Crippen molar-refractivity contribution in [3.8, 4) is 11.5 Å². The number of rotatable bonds is 11. The summed E-state index contributed by atoms with van der Waals surface area (Å²) < 4.78 is 16.1. The fourth-order valence-electron chi connectivity index (χ4n) is 2.53. The van der Waals surface area contributed by atoms with Crippen molar-refractivity contribution in [1.29, 1.82) is 0 Å². The highest BCUT2D eigenvalue weighted by Crippen LogP contribution is 2.31. The molecule has 1 unspecified atom stereocenters. The van der Waals surface area contributed by atoms with Gasteiger partial charge in [-0.2, -0.15) is 0 Å². The first-order valence-electron chi connectivity index (χ1n) is 9.05. The van der Waals surface area contributed by atoms with E-state index in [2.05, 4.69) is 28.5 Å². The predicted molar refractivity (Wildman–Crippen MR) is 122 cm³/mol. The lowest BCUT2D eigenvalue weighted by molar-refractivity contribution is 0.152. The highest BCUT2D eigenvalue weighted by atomic mass is 127. The molecule has 7 nitrogen and oxygen atoms in total. The molecular weight excluding hydrogens is 459 g/mol. The highest BCUT2D eigenvalue weighted by molar-refractivity contribution is 14.0. The van der Waals surface area contributed by atoms with Gasteiger partial charge in [0.25, 0.3) is 0 Å². The fraction of sp³-hybridized carbons (Fsp3) is 0.632. The third kappa shape index (κ3) is 8.98. The Hall–Kier alpha value is -1.26. The number of nitrogens with one attached hydrogen (secondary N) is 2. The van der Waals surface area contributed by atoms with E-state index < -0.39 is 0 Å². The van der Waals surface area contributed by atoms with Crippen molar-refractivity contribution >= 4 is 29.9 Å². The van der Waals surface area contributed by atoms with Crippen molar-refractivity contribution in [3.63, 3.8) is 0 Å². The number of benzene rings is 1. The second-order valence-corrected chi connectivity index (χ2v) is 5.94. The molecule has 1 aromatic carbocycles. The lowest BCUT2D eigenvalue weighted by Gasteiger charge is -2.24. The molecule has 0 aliphatic heterocycles. The molecule has 156 valence electrons. The monoisotopic (exact) mass is 494 g/mol. The average molecular weight is 494 g/mol. The van der Waals surface area contributed by atoms with Crippen molar-refractivity contribution in [2.24, 2.45) is 4.99 Å². The van der Waals surface area contributed by atoms with Crippen LogP contribution in [-0.2, 0) is 4.74 Å². The Kier molecular flexibility index (Phi) is 14.1. The number of nitrogens with zero attached hydrogens (tertiary/aromatic N) is 2. The molecule has 1 aromatic rings. The number of methoxy groups -OCH3 is 2. The maximum absolute atomic E-state index is 5.43. The number of hydrogen-bond donors (Lipinski definition) is 2. The first-order chi connectivity index (χ1) is 12.6. The fourth-order valence-corrected chi connectivity index (χ4v) is 2.53. The normalized spacial score (nSPS) is 12.3. The Morgan fingerprint density at radius 3 is 2.37 bits per heavy atom. The zero-order chi connectivity index (χ0) is 19.4. The number of ether oxygens (including phenoxy) is 3. The minimum atomic E-state index is 0. The minimum absolute atomic E-state index is 0. The summed E-state index contributed by atoms with van der Waals surface area (Å²) in [5.41, 5.74) is 1.13. The molecule has 1 rings (SSSR count). The van der Waals surface area contributed by atoms with E-state index in [9.17, 15) is 0 Å². The Labute approximate surface area is 180 Å². The molecule has 2 N–H and O–H groups in total. The van der Waals surface area contributed by atoms with Gasteiger partial charge in [-0.05, 0) is 45.6 Å². The summed E-state index contributed by atoms with van der Waals surface area (Å²) in [6, 6.07) is 6.11. The second kappa shape index (κ2) is 14.8. The zero-order valence-electron chi connectivity index (χ0n) is 17.4. The Morgan fingerprint density at radius 1 is 1.11 bits per heavy atom. The molecule has 0 saturated carbocycles. The van der Waals surface area contributed by atoms with Crippen LogP contribution in [0.2, 0.25) is 0 Å². The van der Waals surface area contributed by atoms with E-state index in [1.165, 1.54) is 0 Å². The summed E-state index contributed by atoms with van der Waals surface area (Å²) in [6.45, 7) is 7.57. The zero-order valence-corrected chi connectivity index (χ0v) is 19.7. The first-order valence-corrected chi connectivity index (χ1v) is 9.05. The van der Waals surface area contributed by atoms with E-state index in [-0.39, 0.29) is 30.0 Å². The minimum Gasteiger partial charge on any atom is -0.493 e. The van der Waals surface area contributed by atoms with Gasteiger partial charge in [0.1, 0.15) is 0 Å². The van der Waals surface area contributed by atoms with Crippen LogP contribution in [0.3, 0.4) is 0 Å². The van der Waals surface area contributed by atoms with Crippen LogP contribution in [0.5, 0.6) is 11.5 Å².